The zero-order chi connectivity index (χ0) is 17.4. The van der Waals surface area contributed by atoms with Gasteiger partial charge in [-0.2, -0.15) is 5.10 Å². The van der Waals surface area contributed by atoms with Gasteiger partial charge in [-0.05, 0) is 30.3 Å². The number of aromatic nitrogens is 2. The zero-order valence-electron chi connectivity index (χ0n) is 13.9. The van der Waals surface area contributed by atoms with Gasteiger partial charge in [0.05, 0.1) is 11.3 Å². The van der Waals surface area contributed by atoms with Crippen molar-refractivity contribution in [1.82, 2.24) is 9.78 Å². The SMILES string of the molecule is CC1(C)Oc2ccc(NC(=O)c3ccccc3-n3cccn3)cc2O1. The van der Waals surface area contributed by atoms with Crippen LogP contribution in [0.25, 0.3) is 5.69 Å². The van der Waals surface area contributed by atoms with Crippen LogP contribution in [0.15, 0.2) is 60.9 Å². The summed E-state index contributed by atoms with van der Waals surface area (Å²) in [6.07, 6.45) is 3.48. The zero-order valence-corrected chi connectivity index (χ0v) is 13.9. The van der Waals surface area contributed by atoms with E-state index < -0.39 is 5.79 Å². The number of fused-ring (bicyclic) bond motifs is 1. The topological polar surface area (TPSA) is 65.4 Å². The molecule has 4 rings (SSSR count). The van der Waals surface area contributed by atoms with Gasteiger partial charge in [-0.25, -0.2) is 4.68 Å². The van der Waals surface area contributed by atoms with Crippen LogP contribution in [0, 0.1) is 0 Å². The van der Waals surface area contributed by atoms with Gasteiger partial charge in [0.15, 0.2) is 11.5 Å². The van der Waals surface area contributed by atoms with Gasteiger partial charge in [-0.1, -0.05) is 12.1 Å². The van der Waals surface area contributed by atoms with Crippen molar-refractivity contribution in [3.8, 4) is 17.2 Å². The van der Waals surface area contributed by atoms with Crippen LogP contribution in [0.4, 0.5) is 5.69 Å². The van der Waals surface area contributed by atoms with E-state index in [-0.39, 0.29) is 5.91 Å². The fourth-order valence-corrected chi connectivity index (χ4v) is 2.78. The summed E-state index contributed by atoms with van der Waals surface area (Å²) in [7, 11) is 0. The Hall–Kier alpha value is -3.28. The Balaban J connectivity index is 1.60. The summed E-state index contributed by atoms with van der Waals surface area (Å²) in [5.74, 6) is 0.366. The van der Waals surface area contributed by atoms with Gasteiger partial charge < -0.3 is 14.8 Å². The number of carbonyl (C=O) groups is 1. The summed E-state index contributed by atoms with van der Waals surface area (Å²) in [6, 6.07) is 14.5. The number of amides is 1. The Bertz CT molecular complexity index is 933. The minimum Gasteiger partial charge on any atom is -0.449 e. The number of para-hydroxylation sites is 1. The molecular formula is C19H17N3O3. The summed E-state index contributed by atoms with van der Waals surface area (Å²) < 4.78 is 13.0. The molecule has 0 radical (unpaired) electrons. The van der Waals surface area contributed by atoms with E-state index in [0.29, 0.717) is 28.4 Å². The van der Waals surface area contributed by atoms with Crippen LogP contribution in [-0.4, -0.2) is 21.5 Å². The molecule has 0 aliphatic carbocycles. The summed E-state index contributed by atoms with van der Waals surface area (Å²) in [5, 5.41) is 7.10. The molecule has 0 unspecified atom stereocenters. The molecular weight excluding hydrogens is 318 g/mol. The molecule has 2 aromatic carbocycles. The van der Waals surface area contributed by atoms with Crippen molar-refractivity contribution < 1.29 is 14.3 Å². The average molecular weight is 335 g/mol. The number of rotatable bonds is 3. The molecule has 1 N–H and O–H groups in total. The Morgan fingerprint density at radius 1 is 1.08 bits per heavy atom. The lowest BCUT2D eigenvalue weighted by Crippen LogP contribution is -2.29. The van der Waals surface area contributed by atoms with Crippen LogP contribution in [0.1, 0.15) is 24.2 Å². The maximum atomic E-state index is 12.7. The van der Waals surface area contributed by atoms with Crippen LogP contribution in [0.2, 0.25) is 0 Å². The van der Waals surface area contributed by atoms with Crippen LogP contribution in [0.3, 0.4) is 0 Å². The molecule has 3 aromatic rings. The molecule has 1 amide bonds. The molecule has 0 atom stereocenters. The van der Waals surface area contributed by atoms with E-state index in [2.05, 4.69) is 10.4 Å². The minimum atomic E-state index is -0.697. The summed E-state index contributed by atoms with van der Waals surface area (Å²) in [5.41, 5.74) is 1.89. The lowest BCUT2D eigenvalue weighted by atomic mass is 10.1. The molecule has 1 aromatic heterocycles. The summed E-state index contributed by atoms with van der Waals surface area (Å²) >= 11 is 0. The van der Waals surface area contributed by atoms with Crippen molar-refractivity contribution in [3.05, 3.63) is 66.5 Å². The second-order valence-electron chi connectivity index (χ2n) is 6.19. The van der Waals surface area contributed by atoms with Crippen LogP contribution in [0.5, 0.6) is 11.5 Å². The van der Waals surface area contributed by atoms with Crippen molar-refractivity contribution in [2.24, 2.45) is 0 Å². The predicted octanol–water partition coefficient (Wildman–Crippen LogP) is 3.63. The molecule has 0 saturated carbocycles. The molecule has 0 spiro atoms. The van der Waals surface area contributed by atoms with Crippen LogP contribution >= 0.6 is 0 Å². The van der Waals surface area contributed by atoms with Gasteiger partial charge in [0.2, 0.25) is 5.79 Å². The number of carbonyl (C=O) groups excluding carboxylic acids is 1. The first-order chi connectivity index (χ1) is 12.0. The quantitative estimate of drug-likeness (QED) is 0.794. The third-order valence-corrected chi connectivity index (χ3v) is 3.81. The van der Waals surface area contributed by atoms with Crippen LogP contribution in [-0.2, 0) is 0 Å². The number of ether oxygens (including phenoxy) is 2. The molecule has 0 fully saturated rings. The van der Waals surface area contributed by atoms with Crippen molar-refractivity contribution in [1.29, 1.82) is 0 Å². The van der Waals surface area contributed by atoms with E-state index in [1.807, 2.05) is 38.1 Å². The van der Waals surface area contributed by atoms with Crippen LogP contribution < -0.4 is 14.8 Å². The highest BCUT2D eigenvalue weighted by atomic mass is 16.7. The third kappa shape index (κ3) is 2.94. The molecule has 6 nitrogen and oxygen atoms in total. The van der Waals surface area contributed by atoms with E-state index in [4.69, 9.17) is 9.47 Å². The normalized spacial score (nSPS) is 14.3. The largest absolute Gasteiger partial charge is 0.449 e. The molecule has 0 bridgehead atoms. The molecule has 0 saturated heterocycles. The van der Waals surface area contributed by atoms with Gasteiger partial charge in [0.25, 0.3) is 5.91 Å². The lowest BCUT2D eigenvalue weighted by Gasteiger charge is -2.16. The van der Waals surface area contributed by atoms with E-state index in [1.165, 1.54) is 0 Å². The predicted molar refractivity (Wildman–Crippen MR) is 93.3 cm³/mol. The van der Waals surface area contributed by atoms with Gasteiger partial charge in [0, 0.05) is 38.0 Å². The highest BCUT2D eigenvalue weighted by molar-refractivity contribution is 6.06. The minimum absolute atomic E-state index is 0.218. The molecule has 1 aliphatic rings. The maximum absolute atomic E-state index is 12.7. The molecule has 2 heterocycles. The first kappa shape index (κ1) is 15.3. The molecule has 1 aliphatic heterocycles. The smallest absolute Gasteiger partial charge is 0.257 e. The molecule has 126 valence electrons. The van der Waals surface area contributed by atoms with Crippen molar-refractivity contribution >= 4 is 11.6 Å². The first-order valence-corrected chi connectivity index (χ1v) is 7.94. The van der Waals surface area contributed by atoms with Crippen molar-refractivity contribution in [2.75, 3.05) is 5.32 Å². The lowest BCUT2D eigenvalue weighted by molar-refractivity contribution is -0.0431. The number of nitrogens with one attached hydrogen (secondary N) is 1. The number of benzene rings is 2. The molecule has 6 heteroatoms. The van der Waals surface area contributed by atoms with Crippen molar-refractivity contribution in [2.45, 2.75) is 19.6 Å². The Kier molecular flexibility index (Phi) is 3.46. The number of nitrogens with zero attached hydrogens (tertiary/aromatic N) is 2. The van der Waals surface area contributed by atoms with E-state index in [0.717, 1.165) is 0 Å². The maximum Gasteiger partial charge on any atom is 0.257 e. The van der Waals surface area contributed by atoms with Gasteiger partial charge in [-0.15, -0.1) is 0 Å². The van der Waals surface area contributed by atoms with Crippen molar-refractivity contribution in [3.63, 3.8) is 0 Å². The van der Waals surface area contributed by atoms with Gasteiger partial charge in [-0.3, -0.25) is 4.79 Å². The highest BCUT2D eigenvalue weighted by Crippen LogP contribution is 2.40. The first-order valence-electron chi connectivity index (χ1n) is 7.94. The molecule has 25 heavy (non-hydrogen) atoms. The van der Waals surface area contributed by atoms with Gasteiger partial charge in [0.1, 0.15) is 0 Å². The van der Waals surface area contributed by atoms with E-state index in [9.17, 15) is 4.79 Å². The van der Waals surface area contributed by atoms with Gasteiger partial charge >= 0.3 is 0 Å². The highest BCUT2D eigenvalue weighted by Gasteiger charge is 2.31. The Morgan fingerprint density at radius 2 is 1.88 bits per heavy atom. The Labute approximate surface area is 145 Å². The number of hydrogen-bond acceptors (Lipinski definition) is 4. The Morgan fingerprint density at radius 3 is 2.68 bits per heavy atom. The number of hydrogen-bond donors (Lipinski definition) is 1. The van der Waals surface area contributed by atoms with E-state index in [1.54, 1.807) is 41.3 Å². The average Bonchev–Trinajstić information content (AvgIpc) is 3.20. The summed E-state index contributed by atoms with van der Waals surface area (Å²) in [4.78, 5) is 12.7. The standard InChI is InChI=1S/C19H17N3O3/c1-19(2)24-16-9-8-13(12-17(16)25-19)21-18(23)14-6-3-4-7-15(14)22-11-5-10-20-22/h3-12H,1-2H3,(H,21,23). The number of anilines is 1. The third-order valence-electron chi connectivity index (χ3n) is 3.81. The second kappa shape index (κ2) is 5.66. The second-order valence-corrected chi connectivity index (χ2v) is 6.19. The monoisotopic (exact) mass is 335 g/mol. The summed E-state index contributed by atoms with van der Waals surface area (Å²) in [6.45, 7) is 3.68. The fourth-order valence-electron chi connectivity index (χ4n) is 2.78. The van der Waals surface area contributed by atoms with E-state index >= 15 is 0 Å². The fraction of sp³-hybridized carbons (Fsp3) is 0.158.